The van der Waals surface area contributed by atoms with Crippen molar-refractivity contribution < 1.29 is 23.8 Å². The van der Waals surface area contributed by atoms with E-state index in [9.17, 15) is 9.59 Å². The van der Waals surface area contributed by atoms with Crippen molar-refractivity contribution in [2.45, 2.75) is 44.9 Å². The van der Waals surface area contributed by atoms with Gasteiger partial charge in [-0.05, 0) is 27.7 Å². The summed E-state index contributed by atoms with van der Waals surface area (Å²) in [6.07, 6.45) is -0.403. The summed E-state index contributed by atoms with van der Waals surface area (Å²) in [5.41, 5.74) is 4.69. The molecule has 2 N–H and O–H groups in total. The zero-order chi connectivity index (χ0) is 15.8. The van der Waals surface area contributed by atoms with Crippen LogP contribution in [-0.4, -0.2) is 60.5 Å². The van der Waals surface area contributed by atoms with Crippen LogP contribution >= 0.6 is 0 Å². The lowest BCUT2D eigenvalue weighted by atomic mass is 9.79. The van der Waals surface area contributed by atoms with E-state index in [1.54, 1.807) is 6.92 Å². The van der Waals surface area contributed by atoms with Crippen LogP contribution in [0.3, 0.4) is 0 Å². The fourth-order valence-corrected chi connectivity index (χ4v) is 2.80. The smallest absolute Gasteiger partial charge is 0.410 e. The predicted molar refractivity (Wildman–Crippen MR) is 74.6 cm³/mol. The lowest BCUT2D eigenvalue weighted by molar-refractivity contribution is -0.168. The van der Waals surface area contributed by atoms with E-state index in [2.05, 4.69) is 0 Å². The predicted octanol–water partition coefficient (Wildman–Crippen LogP) is 0.513. The van der Waals surface area contributed by atoms with Crippen LogP contribution in [0.4, 0.5) is 4.79 Å². The maximum absolute atomic E-state index is 12.1. The first-order valence-electron chi connectivity index (χ1n) is 7.22. The number of nitrogens with zero attached hydrogens (tertiary/aromatic N) is 1. The molecule has 120 valence electrons. The highest BCUT2D eigenvalue weighted by atomic mass is 16.6. The Morgan fingerprint density at radius 2 is 2.00 bits per heavy atom. The number of amides is 1. The van der Waals surface area contributed by atoms with E-state index in [4.69, 9.17) is 19.9 Å². The second-order valence-electron chi connectivity index (χ2n) is 6.61. The molecule has 2 rings (SSSR count). The van der Waals surface area contributed by atoms with Gasteiger partial charge in [0.25, 0.3) is 0 Å². The fourth-order valence-electron chi connectivity index (χ4n) is 2.80. The zero-order valence-corrected chi connectivity index (χ0v) is 13.0. The van der Waals surface area contributed by atoms with Gasteiger partial charge in [-0.1, -0.05) is 0 Å². The van der Waals surface area contributed by atoms with Gasteiger partial charge in [-0.25, -0.2) is 4.79 Å². The van der Waals surface area contributed by atoms with E-state index in [0.717, 1.165) is 0 Å². The van der Waals surface area contributed by atoms with Crippen molar-refractivity contribution in [3.8, 4) is 0 Å². The molecular formula is C14H24N2O5. The summed E-state index contributed by atoms with van der Waals surface area (Å²) in [6.45, 7) is 8.38. The Labute approximate surface area is 124 Å². The molecule has 0 bridgehead atoms. The molecule has 0 saturated carbocycles. The molecule has 2 fully saturated rings. The maximum Gasteiger partial charge on any atom is 0.410 e. The Morgan fingerprint density at radius 1 is 1.38 bits per heavy atom. The number of rotatable bonds is 2. The highest BCUT2D eigenvalue weighted by Crippen LogP contribution is 2.40. The number of ether oxygens (including phenoxy) is 3. The Bertz CT molecular complexity index is 426. The third-order valence-corrected chi connectivity index (χ3v) is 3.67. The van der Waals surface area contributed by atoms with Crippen LogP contribution in [0, 0.1) is 5.92 Å². The van der Waals surface area contributed by atoms with E-state index in [-0.39, 0.29) is 5.97 Å². The third-order valence-electron chi connectivity index (χ3n) is 3.67. The monoisotopic (exact) mass is 300 g/mol. The molecule has 7 nitrogen and oxygen atoms in total. The van der Waals surface area contributed by atoms with Crippen LogP contribution in [0.2, 0.25) is 0 Å². The molecule has 2 aliphatic rings. The molecule has 0 aromatic carbocycles. The summed E-state index contributed by atoms with van der Waals surface area (Å²) in [4.78, 5) is 25.5. The number of hydrogen-bond donors (Lipinski definition) is 1. The molecule has 2 heterocycles. The minimum Gasteiger partial charge on any atom is -0.466 e. The lowest BCUT2D eigenvalue weighted by Gasteiger charge is -2.49. The largest absolute Gasteiger partial charge is 0.466 e. The van der Waals surface area contributed by atoms with Crippen molar-refractivity contribution in [3.63, 3.8) is 0 Å². The molecule has 1 spiro atoms. The highest BCUT2D eigenvalue weighted by molar-refractivity contribution is 5.77. The highest BCUT2D eigenvalue weighted by Gasteiger charge is 2.61. The quantitative estimate of drug-likeness (QED) is 0.747. The first-order valence-corrected chi connectivity index (χ1v) is 7.22. The van der Waals surface area contributed by atoms with E-state index in [1.165, 1.54) is 4.90 Å². The molecule has 1 amide bonds. The van der Waals surface area contributed by atoms with Crippen LogP contribution in [-0.2, 0) is 19.0 Å². The molecule has 0 aromatic heterocycles. The van der Waals surface area contributed by atoms with E-state index < -0.39 is 29.3 Å². The van der Waals surface area contributed by atoms with Gasteiger partial charge in [-0.2, -0.15) is 0 Å². The molecule has 2 atom stereocenters. The molecule has 0 aromatic rings. The molecule has 0 aliphatic carbocycles. The van der Waals surface area contributed by atoms with Crippen molar-refractivity contribution >= 4 is 12.1 Å². The normalized spacial score (nSPS) is 27.4. The molecule has 2 aliphatic heterocycles. The summed E-state index contributed by atoms with van der Waals surface area (Å²) >= 11 is 0. The van der Waals surface area contributed by atoms with Gasteiger partial charge in [0.1, 0.15) is 17.1 Å². The minimum atomic E-state index is -0.720. The number of hydrogen-bond acceptors (Lipinski definition) is 6. The van der Waals surface area contributed by atoms with E-state index in [1.807, 2.05) is 20.8 Å². The van der Waals surface area contributed by atoms with E-state index in [0.29, 0.717) is 26.3 Å². The van der Waals surface area contributed by atoms with Crippen LogP contribution in [0.25, 0.3) is 0 Å². The molecule has 21 heavy (non-hydrogen) atoms. The summed E-state index contributed by atoms with van der Waals surface area (Å²) < 4.78 is 16.1. The standard InChI is InChI=1S/C14H24N2O5/c1-5-19-11(17)10-9(15)6-20-14(10)7-16(8-14)12(18)21-13(2,3)4/h9-10H,5-8,15H2,1-4H3/t9-,10-/m0/s1. The van der Waals surface area contributed by atoms with Gasteiger partial charge in [0, 0.05) is 6.04 Å². The average molecular weight is 300 g/mol. The maximum atomic E-state index is 12.1. The van der Waals surface area contributed by atoms with Crippen LogP contribution in [0.5, 0.6) is 0 Å². The number of carbonyl (C=O) groups excluding carboxylic acids is 2. The number of esters is 1. The van der Waals surface area contributed by atoms with Crippen LogP contribution < -0.4 is 5.73 Å². The Balaban J connectivity index is 1.99. The Morgan fingerprint density at radius 3 is 2.52 bits per heavy atom. The lowest BCUT2D eigenvalue weighted by Crippen LogP contribution is -2.68. The summed E-state index contributed by atoms with van der Waals surface area (Å²) in [7, 11) is 0. The van der Waals surface area contributed by atoms with Gasteiger partial charge >= 0.3 is 12.1 Å². The zero-order valence-electron chi connectivity index (χ0n) is 13.0. The van der Waals surface area contributed by atoms with Crippen molar-refractivity contribution in [2.24, 2.45) is 11.7 Å². The van der Waals surface area contributed by atoms with Crippen molar-refractivity contribution in [1.29, 1.82) is 0 Å². The summed E-state index contributed by atoms with van der Waals surface area (Å²) in [5.74, 6) is -0.887. The van der Waals surface area contributed by atoms with E-state index >= 15 is 0 Å². The SMILES string of the molecule is CCOC(=O)[C@@H]1[C@@H](N)COC12CN(C(=O)OC(C)(C)C)C2. The van der Waals surface area contributed by atoms with Crippen molar-refractivity contribution in [1.82, 2.24) is 4.90 Å². The van der Waals surface area contributed by atoms with Gasteiger partial charge in [0.15, 0.2) is 0 Å². The Kier molecular flexibility index (Phi) is 4.17. The summed E-state index contributed by atoms with van der Waals surface area (Å²) in [6, 6.07) is -0.398. The molecule has 2 saturated heterocycles. The third kappa shape index (κ3) is 3.13. The van der Waals surface area contributed by atoms with Gasteiger partial charge in [-0.3, -0.25) is 4.79 Å². The first kappa shape index (κ1) is 16.0. The van der Waals surface area contributed by atoms with Crippen molar-refractivity contribution in [3.05, 3.63) is 0 Å². The van der Waals surface area contributed by atoms with Gasteiger partial charge in [-0.15, -0.1) is 0 Å². The molecule has 0 radical (unpaired) electrons. The Hall–Kier alpha value is -1.34. The van der Waals surface area contributed by atoms with Crippen LogP contribution in [0.15, 0.2) is 0 Å². The molecule has 0 unspecified atom stereocenters. The fraction of sp³-hybridized carbons (Fsp3) is 0.857. The summed E-state index contributed by atoms with van der Waals surface area (Å²) in [5, 5.41) is 0. The number of nitrogens with two attached hydrogens (primary N) is 1. The topological polar surface area (TPSA) is 91.1 Å². The van der Waals surface area contributed by atoms with Crippen LogP contribution in [0.1, 0.15) is 27.7 Å². The van der Waals surface area contributed by atoms with Gasteiger partial charge in [0.05, 0.1) is 26.3 Å². The van der Waals surface area contributed by atoms with Crippen molar-refractivity contribution in [2.75, 3.05) is 26.3 Å². The molecule has 7 heteroatoms. The van der Waals surface area contributed by atoms with Gasteiger partial charge in [0.2, 0.25) is 0 Å². The molecular weight excluding hydrogens is 276 g/mol. The number of carbonyl (C=O) groups is 2. The second kappa shape index (κ2) is 5.46. The first-order chi connectivity index (χ1) is 9.68. The van der Waals surface area contributed by atoms with Gasteiger partial charge < -0.3 is 24.8 Å². The minimum absolute atomic E-state index is 0.297. The second-order valence-corrected chi connectivity index (χ2v) is 6.61. The average Bonchev–Trinajstić information content (AvgIpc) is 2.62. The number of likely N-dealkylation sites (tertiary alicyclic amines) is 1.